The SMILES string of the molecule is CN(C)S(=O)(=O)Nc1cccc(C(=O)c2c[nH]c3ncncc23)c1F. The van der Waals surface area contributed by atoms with E-state index < -0.39 is 21.8 Å². The van der Waals surface area contributed by atoms with E-state index in [0.717, 1.165) is 4.31 Å². The van der Waals surface area contributed by atoms with Crippen LogP contribution in [0.1, 0.15) is 15.9 Å². The quantitative estimate of drug-likeness (QED) is 0.669. The van der Waals surface area contributed by atoms with Crippen LogP contribution in [0.25, 0.3) is 11.0 Å². The molecule has 0 aliphatic carbocycles. The van der Waals surface area contributed by atoms with E-state index in [-0.39, 0.29) is 16.8 Å². The Kier molecular flexibility index (Phi) is 4.23. The number of carbonyl (C=O) groups excluding carboxylic acids is 1. The highest BCUT2D eigenvalue weighted by molar-refractivity contribution is 7.90. The molecule has 0 aliphatic heterocycles. The normalized spacial score (nSPS) is 11.8. The molecule has 0 radical (unpaired) electrons. The van der Waals surface area contributed by atoms with Gasteiger partial charge in [-0.25, -0.2) is 14.4 Å². The standard InChI is InChI=1S/C15H14FN5O3S/c1-21(2)25(23,24)20-12-5-3-4-9(13(12)16)14(22)10-7-18-15-11(10)6-17-8-19-15/h3-8,20H,1-2H3,(H,17,18,19). The molecule has 8 nitrogen and oxygen atoms in total. The van der Waals surface area contributed by atoms with Crippen LogP contribution in [-0.4, -0.2) is 47.6 Å². The largest absolute Gasteiger partial charge is 0.345 e. The first kappa shape index (κ1) is 17.0. The van der Waals surface area contributed by atoms with Gasteiger partial charge in [-0.2, -0.15) is 12.7 Å². The number of anilines is 1. The number of halogens is 1. The number of H-pyrrole nitrogens is 1. The minimum atomic E-state index is -3.90. The number of ketones is 1. The average molecular weight is 363 g/mol. The van der Waals surface area contributed by atoms with Gasteiger partial charge in [-0.15, -0.1) is 0 Å². The second-order valence-electron chi connectivity index (χ2n) is 5.37. The second-order valence-corrected chi connectivity index (χ2v) is 7.26. The van der Waals surface area contributed by atoms with Crippen LogP contribution in [-0.2, 0) is 10.2 Å². The Morgan fingerprint density at radius 3 is 2.76 bits per heavy atom. The number of carbonyl (C=O) groups is 1. The molecular formula is C15H14FN5O3S. The van der Waals surface area contributed by atoms with E-state index >= 15 is 0 Å². The van der Waals surface area contributed by atoms with Crippen LogP contribution in [0, 0.1) is 5.82 Å². The van der Waals surface area contributed by atoms with Crippen molar-refractivity contribution in [2.45, 2.75) is 0 Å². The van der Waals surface area contributed by atoms with Crippen molar-refractivity contribution in [3.05, 3.63) is 53.9 Å². The predicted octanol–water partition coefficient (Wildman–Crippen LogP) is 1.55. The fourth-order valence-corrected chi connectivity index (χ4v) is 2.83. The Morgan fingerprint density at radius 1 is 1.28 bits per heavy atom. The van der Waals surface area contributed by atoms with Gasteiger partial charge in [0.2, 0.25) is 0 Å². The van der Waals surface area contributed by atoms with Crippen molar-refractivity contribution in [3.63, 3.8) is 0 Å². The van der Waals surface area contributed by atoms with E-state index in [9.17, 15) is 17.6 Å². The molecule has 25 heavy (non-hydrogen) atoms. The molecule has 0 aliphatic rings. The summed E-state index contributed by atoms with van der Waals surface area (Å²) in [5, 5.41) is 0.450. The van der Waals surface area contributed by atoms with E-state index in [1.54, 1.807) is 0 Å². The first-order chi connectivity index (χ1) is 11.8. The zero-order valence-electron chi connectivity index (χ0n) is 13.3. The third-order valence-electron chi connectivity index (χ3n) is 3.56. The van der Waals surface area contributed by atoms with Crippen molar-refractivity contribution in [2.24, 2.45) is 0 Å². The van der Waals surface area contributed by atoms with Crippen molar-refractivity contribution in [1.82, 2.24) is 19.3 Å². The van der Waals surface area contributed by atoms with Crippen LogP contribution >= 0.6 is 0 Å². The van der Waals surface area contributed by atoms with Crippen LogP contribution in [0.15, 0.2) is 36.9 Å². The number of nitrogens with zero attached hydrogens (tertiary/aromatic N) is 3. The lowest BCUT2D eigenvalue weighted by atomic mass is 10.0. The number of hydrogen-bond acceptors (Lipinski definition) is 5. The molecule has 0 bridgehead atoms. The average Bonchev–Trinajstić information content (AvgIpc) is 3.00. The lowest BCUT2D eigenvalue weighted by Gasteiger charge is -2.14. The van der Waals surface area contributed by atoms with Crippen molar-refractivity contribution >= 4 is 32.7 Å². The molecule has 10 heteroatoms. The molecule has 2 heterocycles. The highest BCUT2D eigenvalue weighted by Gasteiger charge is 2.22. The Bertz CT molecular complexity index is 1060. The van der Waals surface area contributed by atoms with Crippen molar-refractivity contribution in [2.75, 3.05) is 18.8 Å². The number of benzene rings is 1. The molecule has 3 aromatic rings. The lowest BCUT2D eigenvalue weighted by Crippen LogP contribution is -2.29. The topological polar surface area (TPSA) is 108 Å². The van der Waals surface area contributed by atoms with Gasteiger partial charge in [0.1, 0.15) is 12.0 Å². The molecule has 2 aromatic heterocycles. The number of hydrogen-bond donors (Lipinski definition) is 2. The summed E-state index contributed by atoms with van der Waals surface area (Å²) < 4.78 is 41.5. The number of aromatic amines is 1. The fraction of sp³-hybridized carbons (Fsp3) is 0.133. The molecule has 0 unspecified atom stereocenters. The number of fused-ring (bicyclic) bond motifs is 1. The summed E-state index contributed by atoms with van der Waals surface area (Å²) in [6.07, 6.45) is 4.19. The lowest BCUT2D eigenvalue weighted by molar-refractivity contribution is 0.103. The van der Waals surface area contributed by atoms with Crippen LogP contribution in [0.5, 0.6) is 0 Å². The molecule has 2 N–H and O–H groups in total. The highest BCUT2D eigenvalue weighted by Crippen LogP contribution is 2.24. The molecule has 0 amide bonds. The van der Waals surface area contributed by atoms with E-state index in [2.05, 4.69) is 19.7 Å². The Hall–Kier alpha value is -2.85. The zero-order chi connectivity index (χ0) is 18.2. The van der Waals surface area contributed by atoms with Gasteiger partial charge in [0, 0.05) is 31.9 Å². The summed E-state index contributed by atoms with van der Waals surface area (Å²) in [5.74, 6) is -1.56. The minimum Gasteiger partial charge on any atom is -0.345 e. The molecule has 3 rings (SSSR count). The van der Waals surface area contributed by atoms with Crippen molar-refractivity contribution in [3.8, 4) is 0 Å². The van der Waals surface area contributed by atoms with Gasteiger partial charge in [0.25, 0.3) is 0 Å². The monoisotopic (exact) mass is 363 g/mol. The van der Waals surface area contributed by atoms with Crippen molar-refractivity contribution in [1.29, 1.82) is 0 Å². The summed E-state index contributed by atoms with van der Waals surface area (Å²) in [6.45, 7) is 0. The molecule has 130 valence electrons. The number of aromatic nitrogens is 3. The van der Waals surface area contributed by atoms with Gasteiger partial charge in [-0.05, 0) is 12.1 Å². The predicted molar refractivity (Wildman–Crippen MR) is 90.0 cm³/mol. The number of rotatable bonds is 5. The van der Waals surface area contributed by atoms with Gasteiger partial charge in [0.05, 0.1) is 16.8 Å². The van der Waals surface area contributed by atoms with Crippen LogP contribution < -0.4 is 4.72 Å². The van der Waals surface area contributed by atoms with Gasteiger partial charge >= 0.3 is 10.2 Å². The van der Waals surface area contributed by atoms with E-state index in [0.29, 0.717) is 11.0 Å². The van der Waals surface area contributed by atoms with Gasteiger partial charge in [-0.1, -0.05) is 6.07 Å². The zero-order valence-corrected chi connectivity index (χ0v) is 14.1. The smallest absolute Gasteiger partial charge is 0.301 e. The molecule has 1 aromatic carbocycles. The number of nitrogens with one attached hydrogen (secondary N) is 2. The summed E-state index contributed by atoms with van der Waals surface area (Å²) in [4.78, 5) is 23.3. The van der Waals surface area contributed by atoms with E-state index in [1.165, 1.54) is 51.0 Å². The Morgan fingerprint density at radius 2 is 2.04 bits per heavy atom. The Labute approximate surface area is 142 Å². The van der Waals surface area contributed by atoms with Gasteiger partial charge in [0.15, 0.2) is 11.6 Å². The van der Waals surface area contributed by atoms with Crippen LogP contribution in [0.2, 0.25) is 0 Å². The summed E-state index contributed by atoms with van der Waals surface area (Å²) >= 11 is 0. The maximum absolute atomic E-state index is 14.7. The summed E-state index contributed by atoms with van der Waals surface area (Å²) in [7, 11) is -1.29. The Balaban J connectivity index is 2.04. The fourth-order valence-electron chi connectivity index (χ4n) is 2.21. The summed E-state index contributed by atoms with van der Waals surface area (Å²) in [6, 6.07) is 3.93. The third-order valence-corrected chi connectivity index (χ3v) is 5.00. The highest BCUT2D eigenvalue weighted by atomic mass is 32.2. The first-order valence-corrected chi connectivity index (χ1v) is 8.56. The van der Waals surface area contributed by atoms with Crippen LogP contribution in [0.4, 0.5) is 10.1 Å². The summed E-state index contributed by atoms with van der Waals surface area (Å²) in [5.41, 5.74) is 0.0738. The third kappa shape index (κ3) is 3.08. The maximum Gasteiger partial charge on any atom is 0.301 e. The molecule has 0 saturated carbocycles. The minimum absolute atomic E-state index is 0.196. The van der Waals surface area contributed by atoms with Gasteiger partial charge in [-0.3, -0.25) is 9.52 Å². The molecule has 0 atom stereocenters. The van der Waals surface area contributed by atoms with Gasteiger partial charge < -0.3 is 4.98 Å². The second kappa shape index (κ2) is 6.22. The molecule has 0 saturated heterocycles. The van der Waals surface area contributed by atoms with E-state index in [4.69, 9.17) is 0 Å². The first-order valence-electron chi connectivity index (χ1n) is 7.12. The van der Waals surface area contributed by atoms with Crippen LogP contribution in [0.3, 0.4) is 0 Å². The molecular weight excluding hydrogens is 349 g/mol. The van der Waals surface area contributed by atoms with E-state index in [1.807, 2.05) is 0 Å². The maximum atomic E-state index is 14.7. The molecule has 0 fully saturated rings. The van der Waals surface area contributed by atoms with Crippen molar-refractivity contribution < 1.29 is 17.6 Å². The molecule has 0 spiro atoms.